The Balaban J connectivity index is 1.26. The summed E-state index contributed by atoms with van der Waals surface area (Å²) in [6, 6.07) is 13.5. The predicted octanol–water partition coefficient (Wildman–Crippen LogP) is 6.32. The van der Waals surface area contributed by atoms with Gasteiger partial charge < -0.3 is 19.6 Å². The third-order valence-corrected chi connectivity index (χ3v) is 9.88. The van der Waals surface area contributed by atoms with Crippen molar-refractivity contribution in [2.75, 3.05) is 25.0 Å². The maximum atomic E-state index is 15.2. The van der Waals surface area contributed by atoms with Crippen LogP contribution in [-0.4, -0.2) is 61.2 Å². The fourth-order valence-corrected chi connectivity index (χ4v) is 7.63. The molecule has 246 valence electrons. The first kappa shape index (κ1) is 30.2. The van der Waals surface area contributed by atoms with Crippen LogP contribution in [-0.2, 0) is 13.6 Å². The Morgan fingerprint density at radius 3 is 2.85 bits per heavy atom. The second-order valence-corrected chi connectivity index (χ2v) is 13.1. The van der Waals surface area contributed by atoms with Crippen molar-refractivity contribution in [2.24, 2.45) is 7.05 Å². The number of nitrogens with one attached hydrogen (secondary N) is 1. The van der Waals surface area contributed by atoms with Crippen LogP contribution in [0.15, 0.2) is 57.7 Å². The lowest BCUT2D eigenvalue weighted by Gasteiger charge is -2.30. The Kier molecular flexibility index (Phi) is 7.09. The Labute approximate surface area is 274 Å². The number of fused-ring (bicyclic) bond motifs is 4. The molecule has 8 rings (SSSR count). The maximum Gasteiger partial charge on any atom is 0.349 e. The number of rotatable bonds is 7. The van der Waals surface area contributed by atoms with Crippen LogP contribution in [0, 0.1) is 19.7 Å². The first-order chi connectivity index (χ1) is 23.1. The number of phenols is 1. The van der Waals surface area contributed by atoms with Gasteiger partial charge in [0.2, 0.25) is 0 Å². The van der Waals surface area contributed by atoms with E-state index in [-0.39, 0.29) is 58.3 Å². The Hall–Kier alpha value is -5.10. The van der Waals surface area contributed by atoms with E-state index in [1.807, 2.05) is 26.1 Å². The van der Waals surface area contributed by atoms with Crippen LogP contribution in [0.3, 0.4) is 0 Å². The molecule has 0 spiro atoms. The second kappa shape index (κ2) is 11.3. The van der Waals surface area contributed by atoms with Gasteiger partial charge in [0.25, 0.3) is 0 Å². The Morgan fingerprint density at radius 1 is 1.15 bits per heavy atom. The lowest BCUT2D eigenvalue weighted by Crippen LogP contribution is -2.43. The predicted molar refractivity (Wildman–Crippen MR) is 179 cm³/mol. The average Bonchev–Trinajstić information content (AvgIpc) is 3.69. The number of halogens is 2. The minimum Gasteiger partial charge on any atom is -0.508 e. The van der Waals surface area contributed by atoms with Gasteiger partial charge in [0.05, 0.1) is 28.8 Å². The highest BCUT2D eigenvalue weighted by molar-refractivity contribution is 6.00. The molecule has 3 aromatic heterocycles. The van der Waals surface area contributed by atoms with E-state index in [4.69, 9.17) is 19.2 Å². The number of nitrogens with zero attached hydrogens (tertiary/aromatic N) is 5. The largest absolute Gasteiger partial charge is 0.508 e. The van der Waals surface area contributed by atoms with Crippen molar-refractivity contribution in [1.82, 2.24) is 24.6 Å². The van der Waals surface area contributed by atoms with Gasteiger partial charge in [-0.25, -0.2) is 13.6 Å². The number of alkyl halides is 1. The molecular weight excluding hydrogens is 618 g/mol. The monoisotopic (exact) mass is 652 g/mol. The third-order valence-electron chi connectivity index (χ3n) is 9.88. The number of phenolic OH excluding ortho intramolecular Hbond substituents is 1. The molecule has 2 N–H and O–H groups in total. The average molecular weight is 653 g/mol. The van der Waals surface area contributed by atoms with Crippen molar-refractivity contribution in [3.05, 3.63) is 81.6 Å². The van der Waals surface area contributed by atoms with E-state index >= 15 is 4.39 Å². The molecule has 12 heteroatoms. The van der Waals surface area contributed by atoms with E-state index in [0.717, 1.165) is 41.5 Å². The van der Waals surface area contributed by atoms with Gasteiger partial charge in [-0.15, -0.1) is 0 Å². The molecule has 0 unspecified atom stereocenters. The van der Waals surface area contributed by atoms with Gasteiger partial charge in [-0.1, -0.05) is 23.8 Å². The summed E-state index contributed by atoms with van der Waals surface area (Å²) in [5, 5.41) is 20.2. The molecule has 3 aromatic carbocycles. The molecule has 0 saturated carbocycles. The van der Waals surface area contributed by atoms with E-state index in [1.54, 1.807) is 23.7 Å². The Bertz CT molecular complexity index is 2320. The number of hydrogen-bond acceptors (Lipinski definition) is 9. The highest BCUT2D eigenvalue weighted by atomic mass is 19.1. The normalized spacial score (nSPS) is 19.5. The smallest absolute Gasteiger partial charge is 0.349 e. The van der Waals surface area contributed by atoms with Gasteiger partial charge in [0.1, 0.15) is 41.3 Å². The number of aromatic hydroxyl groups is 1. The molecule has 5 heterocycles. The number of ether oxygens (including phenoxy) is 1. The molecule has 0 amide bonds. The van der Waals surface area contributed by atoms with Gasteiger partial charge >= 0.3 is 11.6 Å². The quantitative estimate of drug-likeness (QED) is 0.204. The minimum absolute atomic E-state index is 0.0156. The van der Waals surface area contributed by atoms with Crippen LogP contribution >= 0.6 is 0 Å². The number of hydrogen-bond donors (Lipinski definition) is 2. The summed E-state index contributed by atoms with van der Waals surface area (Å²) in [5.74, 6) is -0.385. The Morgan fingerprint density at radius 2 is 2.00 bits per heavy atom. The van der Waals surface area contributed by atoms with Gasteiger partial charge in [-0.05, 0) is 69.0 Å². The fourth-order valence-electron chi connectivity index (χ4n) is 7.63. The number of benzene rings is 3. The number of anilines is 1. The topological polar surface area (TPSA) is 119 Å². The number of aryl methyl sites for hydroxylation is 3. The summed E-state index contributed by atoms with van der Waals surface area (Å²) >= 11 is 0. The zero-order valence-electron chi connectivity index (χ0n) is 26.8. The molecule has 0 radical (unpaired) electrons. The molecule has 2 fully saturated rings. The van der Waals surface area contributed by atoms with Crippen LogP contribution in [0.5, 0.6) is 11.8 Å². The molecule has 0 bridgehead atoms. The van der Waals surface area contributed by atoms with Crippen molar-refractivity contribution in [3.8, 4) is 23.1 Å². The van der Waals surface area contributed by atoms with Crippen LogP contribution in [0.1, 0.15) is 36.1 Å². The van der Waals surface area contributed by atoms with E-state index in [9.17, 15) is 14.3 Å². The summed E-state index contributed by atoms with van der Waals surface area (Å²) in [7, 11) is 1.87. The van der Waals surface area contributed by atoms with Crippen molar-refractivity contribution < 1.29 is 23.0 Å². The van der Waals surface area contributed by atoms with Crippen LogP contribution in [0.25, 0.3) is 43.9 Å². The summed E-state index contributed by atoms with van der Waals surface area (Å²) in [4.78, 5) is 25.3. The van der Waals surface area contributed by atoms with Crippen molar-refractivity contribution in [2.45, 2.75) is 51.4 Å². The molecule has 2 aliphatic rings. The van der Waals surface area contributed by atoms with E-state index in [1.165, 1.54) is 18.2 Å². The standard InChI is InChI=1S/C36H34F2N6O4/c1-19-8-9-28-24(12-19)27(42-43(28)3)16-39-33-30-31(40-35(41-33)47-18-36-10-5-11-44(36)17-22(37)15-36)20(2)32(48-34(30)46)25-14-23(45)13-21-6-4-7-26(38)29(21)25/h4,6-9,12-14,22,45H,5,10-11,15-18H2,1-3H3,(H,39,40,41)/t22-,36+/m1/s1. The molecule has 0 aliphatic carbocycles. The molecule has 6 aromatic rings. The van der Waals surface area contributed by atoms with Gasteiger partial charge in [-0.2, -0.15) is 15.1 Å². The first-order valence-corrected chi connectivity index (χ1v) is 16.1. The van der Waals surface area contributed by atoms with Crippen molar-refractivity contribution >= 4 is 38.4 Å². The van der Waals surface area contributed by atoms with Crippen LogP contribution in [0.4, 0.5) is 14.6 Å². The lowest BCUT2D eigenvalue weighted by atomic mass is 9.95. The molecule has 10 nitrogen and oxygen atoms in total. The van der Waals surface area contributed by atoms with Crippen molar-refractivity contribution in [1.29, 1.82) is 0 Å². The molecule has 2 saturated heterocycles. The minimum atomic E-state index is -0.924. The molecular formula is C36H34F2N6O4. The van der Waals surface area contributed by atoms with Gasteiger partial charge in [0, 0.05) is 41.9 Å². The van der Waals surface area contributed by atoms with Crippen LogP contribution in [0.2, 0.25) is 0 Å². The first-order valence-electron chi connectivity index (χ1n) is 16.1. The highest BCUT2D eigenvalue weighted by Gasteiger charge is 2.49. The molecule has 48 heavy (non-hydrogen) atoms. The van der Waals surface area contributed by atoms with Crippen molar-refractivity contribution in [3.63, 3.8) is 0 Å². The molecule has 2 aliphatic heterocycles. The van der Waals surface area contributed by atoms with E-state index in [0.29, 0.717) is 23.9 Å². The zero-order valence-corrected chi connectivity index (χ0v) is 26.8. The third kappa shape index (κ3) is 4.93. The highest BCUT2D eigenvalue weighted by Crippen LogP contribution is 2.41. The van der Waals surface area contributed by atoms with Gasteiger partial charge in [0.15, 0.2) is 0 Å². The summed E-state index contributed by atoms with van der Waals surface area (Å²) in [6.07, 6.45) is 1.21. The SMILES string of the molecule is Cc1ccc2c(c1)c(CNc1nc(OC[C@@]34CCCN3C[C@H](F)C4)nc3c(C)c(-c4cc(O)cc5cccc(F)c45)oc(=O)c13)nn2C. The fraction of sp³-hybridized carbons (Fsp3) is 0.333. The van der Waals surface area contributed by atoms with E-state index < -0.39 is 23.2 Å². The zero-order chi connectivity index (χ0) is 33.3. The summed E-state index contributed by atoms with van der Waals surface area (Å²) in [5.41, 5.74) is 2.51. The van der Waals surface area contributed by atoms with Crippen LogP contribution < -0.4 is 15.7 Å². The summed E-state index contributed by atoms with van der Waals surface area (Å²) < 4.78 is 43.7. The van der Waals surface area contributed by atoms with E-state index in [2.05, 4.69) is 21.3 Å². The molecule has 2 atom stereocenters. The maximum absolute atomic E-state index is 15.2. The van der Waals surface area contributed by atoms with Gasteiger partial charge in [-0.3, -0.25) is 9.58 Å². The second-order valence-electron chi connectivity index (χ2n) is 13.1. The lowest BCUT2D eigenvalue weighted by molar-refractivity contribution is 0.107. The summed E-state index contributed by atoms with van der Waals surface area (Å²) in [6.45, 7) is 5.34. The number of aromatic nitrogens is 4.